The average Bonchev–Trinajstić information content (AvgIpc) is 2.67. The maximum Gasteiger partial charge on any atom is 0.433 e. The lowest BCUT2D eigenvalue weighted by atomic mass is 10.3. The van der Waals surface area contributed by atoms with Crippen molar-refractivity contribution in [2.24, 2.45) is 0 Å². The summed E-state index contributed by atoms with van der Waals surface area (Å²) in [4.78, 5) is 11.4. The molecule has 0 aliphatic rings. The van der Waals surface area contributed by atoms with Crippen LogP contribution in [0, 0.1) is 0 Å². The third kappa shape index (κ3) is 5.61. The maximum absolute atomic E-state index is 13.2. The summed E-state index contributed by atoms with van der Waals surface area (Å²) >= 11 is 5.10. The number of aromatic nitrogens is 3. The summed E-state index contributed by atoms with van der Waals surface area (Å²) in [6.07, 6.45) is -1.40. The number of rotatable bonds is 5. The Balaban J connectivity index is 1.75. The number of nitrogens with one attached hydrogen (secondary N) is 2. The highest BCUT2D eigenvalue weighted by atomic mass is 32.1. The van der Waals surface area contributed by atoms with Crippen LogP contribution >= 0.6 is 12.2 Å². The van der Waals surface area contributed by atoms with E-state index in [1.54, 1.807) is 48.8 Å². The summed E-state index contributed by atoms with van der Waals surface area (Å²) < 4.78 is 44.9. The van der Waals surface area contributed by atoms with E-state index in [9.17, 15) is 13.2 Å². The van der Waals surface area contributed by atoms with Crippen molar-refractivity contribution in [2.45, 2.75) is 12.7 Å². The zero-order valence-electron chi connectivity index (χ0n) is 14.3. The molecule has 0 unspecified atom stereocenters. The van der Waals surface area contributed by atoms with E-state index >= 15 is 0 Å². The molecule has 2 aromatic heterocycles. The van der Waals surface area contributed by atoms with Gasteiger partial charge in [0, 0.05) is 25.0 Å². The molecule has 144 valence electrons. The molecule has 3 rings (SSSR count). The van der Waals surface area contributed by atoms with Gasteiger partial charge in [-0.05, 0) is 36.0 Å². The fourth-order valence-corrected chi connectivity index (χ4v) is 2.28. The summed E-state index contributed by atoms with van der Waals surface area (Å²) in [6.45, 7) is 0.339. The fourth-order valence-electron chi connectivity index (χ4n) is 2.12. The lowest BCUT2D eigenvalue weighted by Gasteiger charge is -2.13. The molecule has 0 fully saturated rings. The first-order chi connectivity index (χ1) is 13.4. The van der Waals surface area contributed by atoms with E-state index in [2.05, 4.69) is 25.6 Å². The van der Waals surface area contributed by atoms with E-state index in [0.717, 1.165) is 11.6 Å². The third-order valence-electron chi connectivity index (χ3n) is 3.36. The summed E-state index contributed by atoms with van der Waals surface area (Å²) in [6, 6.07) is 12.7. The summed E-state index contributed by atoms with van der Waals surface area (Å²) in [5, 5.41) is 5.47. The number of anilines is 1. The molecule has 0 spiro atoms. The first-order valence-corrected chi connectivity index (χ1v) is 8.44. The molecule has 10 heteroatoms. The van der Waals surface area contributed by atoms with E-state index < -0.39 is 11.9 Å². The second-order valence-electron chi connectivity index (χ2n) is 5.50. The maximum atomic E-state index is 13.2. The van der Waals surface area contributed by atoms with Crippen molar-refractivity contribution in [1.82, 2.24) is 20.3 Å². The quantitative estimate of drug-likeness (QED) is 0.618. The van der Waals surface area contributed by atoms with Crippen molar-refractivity contribution in [3.63, 3.8) is 0 Å². The van der Waals surface area contributed by atoms with E-state index in [1.807, 2.05) is 6.07 Å². The number of nitrogens with zero attached hydrogens (tertiary/aromatic N) is 3. The van der Waals surface area contributed by atoms with Crippen LogP contribution in [0.5, 0.6) is 11.6 Å². The minimum Gasteiger partial charge on any atom is -0.439 e. The van der Waals surface area contributed by atoms with E-state index in [-0.39, 0.29) is 16.9 Å². The first-order valence-electron chi connectivity index (χ1n) is 8.03. The molecule has 0 saturated heterocycles. The number of benzene rings is 1. The molecule has 0 aliphatic heterocycles. The number of halogens is 3. The van der Waals surface area contributed by atoms with Gasteiger partial charge in [0.05, 0.1) is 0 Å². The normalized spacial score (nSPS) is 11.0. The van der Waals surface area contributed by atoms with Crippen LogP contribution in [-0.4, -0.2) is 20.1 Å². The van der Waals surface area contributed by atoms with Crippen LogP contribution in [0.3, 0.4) is 0 Å². The molecule has 2 N–H and O–H groups in total. The standard InChI is InChI=1S/C18H14F3N5OS/c19-18(20,21)14-9-15(27-13-6-2-1-3-7-13)25-16(24-14)26-17(28)23-11-12-5-4-8-22-10-12/h1-10H,11H2,(H2,23,24,25,26,28). The van der Waals surface area contributed by atoms with Gasteiger partial charge in [-0.3, -0.25) is 4.98 Å². The lowest BCUT2D eigenvalue weighted by Crippen LogP contribution is -2.29. The molecule has 0 radical (unpaired) electrons. The van der Waals surface area contributed by atoms with Gasteiger partial charge in [0.25, 0.3) is 0 Å². The van der Waals surface area contributed by atoms with Gasteiger partial charge in [0.15, 0.2) is 10.8 Å². The van der Waals surface area contributed by atoms with Gasteiger partial charge in [-0.25, -0.2) is 4.98 Å². The highest BCUT2D eigenvalue weighted by molar-refractivity contribution is 7.80. The van der Waals surface area contributed by atoms with Gasteiger partial charge < -0.3 is 15.4 Å². The Morgan fingerprint density at radius 3 is 2.54 bits per heavy atom. The largest absolute Gasteiger partial charge is 0.439 e. The average molecular weight is 405 g/mol. The Labute approximate surface area is 163 Å². The molecular weight excluding hydrogens is 391 g/mol. The number of hydrogen-bond donors (Lipinski definition) is 2. The van der Waals surface area contributed by atoms with E-state index in [4.69, 9.17) is 17.0 Å². The Kier molecular flexibility index (Phi) is 5.99. The molecule has 0 saturated carbocycles. The third-order valence-corrected chi connectivity index (χ3v) is 3.61. The SMILES string of the molecule is FC(F)(F)c1cc(Oc2ccccc2)nc(NC(=S)NCc2cccnc2)n1. The van der Waals surface area contributed by atoms with Gasteiger partial charge in [-0.2, -0.15) is 18.2 Å². The predicted octanol–water partition coefficient (Wildman–Crippen LogP) is 4.17. The first kappa shape index (κ1) is 19.5. The van der Waals surface area contributed by atoms with Crippen molar-refractivity contribution in [1.29, 1.82) is 0 Å². The number of alkyl halides is 3. The Morgan fingerprint density at radius 2 is 1.86 bits per heavy atom. The van der Waals surface area contributed by atoms with Gasteiger partial charge in [-0.1, -0.05) is 24.3 Å². The zero-order chi connectivity index (χ0) is 20.0. The monoisotopic (exact) mass is 405 g/mol. The number of hydrogen-bond acceptors (Lipinski definition) is 5. The second kappa shape index (κ2) is 8.61. The van der Waals surface area contributed by atoms with Crippen molar-refractivity contribution in [2.75, 3.05) is 5.32 Å². The molecule has 0 aliphatic carbocycles. The molecule has 6 nitrogen and oxygen atoms in total. The number of para-hydroxylation sites is 1. The van der Waals surface area contributed by atoms with Crippen LogP contribution in [-0.2, 0) is 12.7 Å². The van der Waals surface area contributed by atoms with Crippen LogP contribution in [0.1, 0.15) is 11.3 Å². The predicted molar refractivity (Wildman–Crippen MR) is 101 cm³/mol. The number of ether oxygens (including phenoxy) is 1. The van der Waals surface area contributed by atoms with Gasteiger partial charge >= 0.3 is 6.18 Å². The molecular formula is C18H14F3N5OS. The van der Waals surface area contributed by atoms with Crippen LogP contribution in [0.2, 0.25) is 0 Å². The smallest absolute Gasteiger partial charge is 0.433 e. The number of thiocarbonyl (C=S) groups is 1. The Hall–Kier alpha value is -3.27. The van der Waals surface area contributed by atoms with Gasteiger partial charge in [0.2, 0.25) is 11.8 Å². The van der Waals surface area contributed by atoms with Crippen molar-refractivity contribution in [3.8, 4) is 11.6 Å². The van der Waals surface area contributed by atoms with Gasteiger partial charge in [-0.15, -0.1) is 0 Å². The molecule has 0 amide bonds. The fraction of sp³-hybridized carbons (Fsp3) is 0.111. The molecule has 0 atom stereocenters. The van der Waals surface area contributed by atoms with Crippen molar-refractivity contribution in [3.05, 3.63) is 72.2 Å². The van der Waals surface area contributed by atoms with Gasteiger partial charge in [0.1, 0.15) is 5.75 Å². The van der Waals surface area contributed by atoms with Crippen LogP contribution in [0.15, 0.2) is 60.9 Å². The highest BCUT2D eigenvalue weighted by Gasteiger charge is 2.34. The molecule has 0 bridgehead atoms. The molecule has 2 heterocycles. The van der Waals surface area contributed by atoms with Crippen LogP contribution in [0.4, 0.5) is 19.1 Å². The summed E-state index contributed by atoms with van der Waals surface area (Å²) in [7, 11) is 0. The topological polar surface area (TPSA) is 72.0 Å². The Bertz CT molecular complexity index is 939. The molecule has 28 heavy (non-hydrogen) atoms. The second-order valence-corrected chi connectivity index (χ2v) is 5.91. The molecule has 1 aromatic carbocycles. The number of pyridine rings is 1. The van der Waals surface area contributed by atoms with Crippen molar-refractivity contribution < 1.29 is 17.9 Å². The minimum atomic E-state index is -4.67. The van der Waals surface area contributed by atoms with E-state index in [1.165, 1.54) is 0 Å². The Morgan fingerprint density at radius 1 is 1.07 bits per heavy atom. The van der Waals surface area contributed by atoms with Crippen molar-refractivity contribution >= 4 is 23.3 Å². The highest BCUT2D eigenvalue weighted by Crippen LogP contribution is 2.31. The van der Waals surface area contributed by atoms with Crippen LogP contribution in [0.25, 0.3) is 0 Å². The van der Waals surface area contributed by atoms with Crippen LogP contribution < -0.4 is 15.4 Å². The minimum absolute atomic E-state index is 0.0637. The zero-order valence-corrected chi connectivity index (χ0v) is 15.1. The molecule has 3 aromatic rings. The lowest BCUT2D eigenvalue weighted by molar-refractivity contribution is -0.141. The van der Waals surface area contributed by atoms with E-state index in [0.29, 0.717) is 12.3 Å². The summed E-state index contributed by atoms with van der Waals surface area (Å²) in [5.74, 6) is -0.243. The summed E-state index contributed by atoms with van der Waals surface area (Å²) in [5.41, 5.74) is -0.296.